The van der Waals surface area contributed by atoms with E-state index in [-0.39, 0.29) is 31.1 Å². The second-order valence-corrected chi connectivity index (χ2v) is 18.1. The van der Waals surface area contributed by atoms with Crippen LogP contribution in [0.2, 0.25) is 0 Å². The number of carbonyl (C=O) groups excluding carboxylic acids is 3. The monoisotopic (exact) mass is 793 g/mol. The molecule has 0 aromatic carbocycles. The Bertz CT molecular complexity index is 854. The highest BCUT2D eigenvalue weighted by atomic mass is 16.6. The van der Waals surface area contributed by atoms with Crippen molar-refractivity contribution in [3.05, 3.63) is 0 Å². The smallest absolute Gasteiger partial charge is 0.306 e. The Morgan fingerprint density at radius 1 is 0.339 bits per heavy atom. The topological polar surface area (TPSA) is 78.9 Å². The molecule has 0 aromatic heterocycles. The van der Waals surface area contributed by atoms with Crippen LogP contribution in [0.1, 0.15) is 272 Å². The lowest BCUT2D eigenvalue weighted by Gasteiger charge is -2.18. The Morgan fingerprint density at radius 2 is 0.589 bits per heavy atom. The van der Waals surface area contributed by atoms with Gasteiger partial charge in [0.1, 0.15) is 13.2 Å². The van der Waals surface area contributed by atoms with E-state index in [0.717, 1.165) is 69.6 Å². The van der Waals surface area contributed by atoms with Crippen molar-refractivity contribution in [2.75, 3.05) is 13.2 Å². The molecule has 0 unspecified atom stereocenters. The highest BCUT2D eigenvalue weighted by molar-refractivity contribution is 5.71. The molecule has 6 nitrogen and oxygen atoms in total. The Labute approximate surface area is 348 Å². The van der Waals surface area contributed by atoms with Crippen LogP contribution in [0.4, 0.5) is 0 Å². The maximum absolute atomic E-state index is 12.8. The van der Waals surface area contributed by atoms with Crippen molar-refractivity contribution < 1.29 is 28.6 Å². The number of hydrogen-bond acceptors (Lipinski definition) is 6. The van der Waals surface area contributed by atoms with E-state index in [1.54, 1.807) is 0 Å². The van der Waals surface area contributed by atoms with E-state index in [1.165, 1.54) is 161 Å². The molecule has 0 saturated carbocycles. The van der Waals surface area contributed by atoms with Crippen molar-refractivity contribution in [2.24, 2.45) is 11.8 Å². The molecule has 0 aliphatic rings. The van der Waals surface area contributed by atoms with Crippen LogP contribution in [0, 0.1) is 11.8 Å². The minimum absolute atomic E-state index is 0.0643. The molecular formula is C50H96O6. The van der Waals surface area contributed by atoms with E-state index >= 15 is 0 Å². The van der Waals surface area contributed by atoms with Crippen LogP contribution in [0.25, 0.3) is 0 Å². The molecule has 1 atom stereocenters. The van der Waals surface area contributed by atoms with Crippen LogP contribution in [-0.2, 0) is 28.6 Å². The third-order valence-electron chi connectivity index (χ3n) is 11.2. The largest absolute Gasteiger partial charge is 0.462 e. The second-order valence-electron chi connectivity index (χ2n) is 18.1. The Hall–Kier alpha value is -1.59. The van der Waals surface area contributed by atoms with Gasteiger partial charge in [-0.2, -0.15) is 0 Å². The predicted octanol–water partition coefficient (Wildman–Crippen LogP) is 15.8. The molecule has 0 amide bonds. The van der Waals surface area contributed by atoms with E-state index in [1.807, 2.05) is 0 Å². The minimum atomic E-state index is -0.761. The number of rotatable bonds is 44. The van der Waals surface area contributed by atoms with Gasteiger partial charge in [0, 0.05) is 19.3 Å². The molecule has 0 bridgehead atoms. The van der Waals surface area contributed by atoms with E-state index in [4.69, 9.17) is 14.2 Å². The SMILES string of the molecule is CCCCCCCCCCCCCC(=O)OC[C@H](COC(=O)CCCCCCCCCCC(C)C)OC(=O)CCCCCCCCCCCCCCCC(C)C. The fraction of sp³-hybridized carbons (Fsp3) is 0.940. The van der Waals surface area contributed by atoms with Crippen molar-refractivity contribution in [3.8, 4) is 0 Å². The average molecular weight is 793 g/mol. The van der Waals surface area contributed by atoms with Gasteiger partial charge in [0.25, 0.3) is 0 Å². The van der Waals surface area contributed by atoms with Gasteiger partial charge in [-0.3, -0.25) is 14.4 Å². The molecule has 0 N–H and O–H groups in total. The third-order valence-corrected chi connectivity index (χ3v) is 11.2. The first-order chi connectivity index (χ1) is 27.2. The first-order valence-electron chi connectivity index (χ1n) is 24.7. The first-order valence-corrected chi connectivity index (χ1v) is 24.7. The predicted molar refractivity (Wildman–Crippen MR) is 238 cm³/mol. The maximum atomic E-state index is 12.8. The molecule has 0 radical (unpaired) electrons. The lowest BCUT2D eigenvalue weighted by atomic mass is 10.0. The number of hydrogen-bond donors (Lipinski definition) is 0. The molecule has 0 aliphatic heterocycles. The van der Waals surface area contributed by atoms with Crippen molar-refractivity contribution >= 4 is 17.9 Å². The minimum Gasteiger partial charge on any atom is -0.462 e. The number of esters is 3. The van der Waals surface area contributed by atoms with Gasteiger partial charge in [-0.05, 0) is 31.1 Å². The van der Waals surface area contributed by atoms with Crippen LogP contribution in [0.15, 0.2) is 0 Å². The summed E-state index contributed by atoms with van der Waals surface area (Å²) in [7, 11) is 0. The molecule has 0 heterocycles. The van der Waals surface area contributed by atoms with Gasteiger partial charge in [-0.1, -0.05) is 234 Å². The molecule has 0 rings (SSSR count). The molecule has 0 aliphatic carbocycles. The molecule has 0 fully saturated rings. The van der Waals surface area contributed by atoms with Crippen LogP contribution in [-0.4, -0.2) is 37.2 Å². The average Bonchev–Trinajstić information content (AvgIpc) is 3.16. The zero-order chi connectivity index (χ0) is 41.2. The van der Waals surface area contributed by atoms with Crippen molar-refractivity contribution in [3.63, 3.8) is 0 Å². The molecular weight excluding hydrogens is 697 g/mol. The van der Waals surface area contributed by atoms with Gasteiger partial charge in [0.2, 0.25) is 0 Å². The molecule has 6 heteroatoms. The number of carbonyl (C=O) groups is 3. The van der Waals surface area contributed by atoms with E-state index < -0.39 is 6.10 Å². The normalized spacial score (nSPS) is 12.1. The number of unbranched alkanes of at least 4 members (excludes halogenated alkanes) is 29. The summed E-state index contributed by atoms with van der Waals surface area (Å²) in [5, 5.41) is 0. The van der Waals surface area contributed by atoms with Gasteiger partial charge in [-0.25, -0.2) is 0 Å². The Kier molecular flexibility index (Phi) is 41.8. The maximum Gasteiger partial charge on any atom is 0.306 e. The highest BCUT2D eigenvalue weighted by Gasteiger charge is 2.19. The van der Waals surface area contributed by atoms with Gasteiger partial charge >= 0.3 is 17.9 Å². The van der Waals surface area contributed by atoms with Gasteiger partial charge < -0.3 is 14.2 Å². The van der Waals surface area contributed by atoms with Crippen molar-refractivity contribution in [1.29, 1.82) is 0 Å². The summed E-state index contributed by atoms with van der Waals surface area (Å²) in [6.45, 7) is 11.3. The summed E-state index contributed by atoms with van der Waals surface area (Å²) in [5.74, 6) is 0.781. The Morgan fingerprint density at radius 3 is 0.875 bits per heavy atom. The quantitative estimate of drug-likeness (QED) is 0.0347. The zero-order valence-corrected chi connectivity index (χ0v) is 38.3. The van der Waals surface area contributed by atoms with E-state index in [9.17, 15) is 14.4 Å². The van der Waals surface area contributed by atoms with Crippen molar-refractivity contribution in [2.45, 2.75) is 278 Å². The standard InChI is InChI=1S/C50H96O6/c1-6-7-8-9-10-11-15-19-25-30-35-40-48(51)54-43-47(44-55-49(52)41-36-31-26-22-21-24-29-34-39-46(4)5)56-50(53)42-37-32-27-20-17-14-12-13-16-18-23-28-33-38-45(2)3/h45-47H,6-44H2,1-5H3/t47-/m1/s1. The van der Waals surface area contributed by atoms with Crippen LogP contribution >= 0.6 is 0 Å². The highest BCUT2D eigenvalue weighted by Crippen LogP contribution is 2.17. The molecule has 0 saturated heterocycles. The fourth-order valence-electron chi connectivity index (χ4n) is 7.46. The zero-order valence-electron chi connectivity index (χ0n) is 38.3. The lowest BCUT2D eigenvalue weighted by Crippen LogP contribution is -2.30. The second kappa shape index (κ2) is 43.0. The van der Waals surface area contributed by atoms with Crippen LogP contribution < -0.4 is 0 Å². The van der Waals surface area contributed by atoms with Crippen LogP contribution in [0.5, 0.6) is 0 Å². The lowest BCUT2D eigenvalue weighted by molar-refractivity contribution is -0.167. The summed E-state index contributed by atoms with van der Waals surface area (Å²) in [6.07, 6.45) is 42.3. The first kappa shape index (κ1) is 54.4. The number of ether oxygens (including phenoxy) is 3. The molecule has 0 spiro atoms. The summed E-state index contributed by atoms with van der Waals surface area (Å²) in [4.78, 5) is 37.8. The Balaban J connectivity index is 4.31. The fourth-order valence-corrected chi connectivity index (χ4v) is 7.46. The summed E-state index contributed by atoms with van der Waals surface area (Å²) >= 11 is 0. The molecule has 56 heavy (non-hydrogen) atoms. The van der Waals surface area contributed by atoms with Gasteiger partial charge in [0.15, 0.2) is 6.10 Å². The summed E-state index contributed by atoms with van der Waals surface area (Å²) in [6, 6.07) is 0. The van der Waals surface area contributed by atoms with Crippen LogP contribution in [0.3, 0.4) is 0 Å². The van der Waals surface area contributed by atoms with E-state index in [2.05, 4.69) is 34.6 Å². The molecule has 0 aromatic rings. The van der Waals surface area contributed by atoms with Crippen molar-refractivity contribution in [1.82, 2.24) is 0 Å². The molecule has 332 valence electrons. The van der Waals surface area contributed by atoms with Gasteiger partial charge in [0.05, 0.1) is 0 Å². The summed E-state index contributed by atoms with van der Waals surface area (Å²) < 4.78 is 16.8. The third kappa shape index (κ3) is 43.5. The van der Waals surface area contributed by atoms with Gasteiger partial charge in [-0.15, -0.1) is 0 Å². The van der Waals surface area contributed by atoms with E-state index in [0.29, 0.717) is 19.3 Å². The summed E-state index contributed by atoms with van der Waals surface area (Å²) in [5.41, 5.74) is 0.